The number of hydrogen-bond acceptors (Lipinski definition) is 3. The Hall–Kier alpha value is -1.99. The molecule has 1 unspecified atom stereocenters. The largest absolute Gasteiger partial charge is 0.332 e. The minimum atomic E-state index is -0.914. The topological polar surface area (TPSA) is 50.2 Å². The van der Waals surface area contributed by atoms with E-state index in [1.165, 1.54) is 6.07 Å². The summed E-state index contributed by atoms with van der Waals surface area (Å²) in [5.74, 6) is -1.88. The molecule has 0 radical (unpaired) electrons. The van der Waals surface area contributed by atoms with Crippen LogP contribution in [-0.2, 0) is 12.8 Å². The second-order valence-electron chi connectivity index (χ2n) is 6.69. The van der Waals surface area contributed by atoms with Crippen LogP contribution in [0, 0.1) is 11.6 Å². The highest BCUT2D eigenvalue weighted by Gasteiger charge is 2.32. The molecule has 1 N–H and O–H groups in total. The number of carbonyl (C=O) groups excluding carboxylic acids is 1. The summed E-state index contributed by atoms with van der Waals surface area (Å²) in [6.45, 7) is 4.18. The first kappa shape index (κ1) is 18.8. The number of carbonyl (C=O) groups is 1. The summed E-state index contributed by atoms with van der Waals surface area (Å²) in [5, 5.41) is 7.77. The molecule has 1 aromatic heterocycles. The van der Waals surface area contributed by atoms with Crippen molar-refractivity contribution in [3.05, 3.63) is 46.8 Å². The van der Waals surface area contributed by atoms with E-state index in [4.69, 9.17) is 0 Å². The van der Waals surface area contributed by atoms with Crippen LogP contribution in [0.2, 0.25) is 0 Å². The lowest BCUT2D eigenvalue weighted by atomic mass is 10.1. The molecule has 1 saturated heterocycles. The fourth-order valence-electron chi connectivity index (χ4n) is 3.72. The molecule has 2 aliphatic rings. The lowest BCUT2D eigenvalue weighted by Crippen LogP contribution is -2.52. The predicted octanol–water partition coefficient (Wildman–Crippen LogP) is 2.49. The smallest absolute Gasteiger partial charge is 0.274 e. The first-order chi connectivity index (χ1) is 12.1. The number of fused-ring (bicyclic) bond motifs is 1. The number of nitrogens with one attached hydrogen (secondary N) is 1. The number of amides is 1. The van der Waals surface area contributed by atoms with Crippen molar-refractivity contribution >= 4 is 18.3 Å². The molecular formula is C18H21ClF2N4O. The van der Waals surface area contributed by atoms with Crippen LogP contribution in [-0.4, -0.2) is 46.3 Å². The Morgan fingerprint density at radius 1 is 1.27 bits per heavy atom. The van der Waals surface area contributed by atoms with Gasteiger partial charge in [0.25, 0.3) is 5.91 Å². The van der Waals surface area contributed by atoms with Crippen LogP contribution in [0.1, 0.15) is 35.1 Å². The molecular weight excluding hydrogens is 362 g/mol. The van der Waals surface area contributed by atoms with Gasteiger partial charge in [0.15, 0.2) is 17.3 Å². The number of hydrogen-bond donors (Lipinski definition) is 1. The molecule has 0 spiro atoms. The van der Waals surface area contributed by atoms with Gasteiger partial charge in [-0.3, -0.25) is 4.79 Å². The third-order valence-electron chi connectivity index (χ3n) is 5.04. The maximum Gasteiger partial charge on any atom is 0.274 e. The number of halogens is 3. The number of rotatable bonds is 2. The maximum absolute atomic E-state index is 13.6. The summed E-state index contributed by atoms with van der Waals surface area (Å²) in [6.07, 6.45) is 2.51. The molecule has 1 atom stereocenters. The molecule has 2 heterocycles. The van der Waals surface area contributed by atoms with E-state index >= 15 is 0 Å². The molecule has 0 bridgehead atoms. The van der Waals surface area contributed by atoms with E-state index < -0.39 is 11.6 Å². The van der Waals surface area contributed by atoms with Crippen molar-refractivity contribution < 1.29 is 13.6 Å². The Bertz CT molecular complexity index is 839. The van der Waals surface area contributed by atoms with Crippen molar-refractivity contribution in [3.63, 3.8) is 0 Å². The van der Waals surface area contributed by atoms with Crippen molar-refractivity contribution in [2.75, 3.05) is 19.6 Å². The predicted molar refractivity (Wildman–Crippen MR) is 96.1 cm³/mol. The zero-order chi connectivity index (χ0) is 17.6. The van der Waals surface area contributed by atoms with Gasteiger partial charge in [0.05, 0.1) is 5.69 Å². The van der Waals surface area contributed by atoms with Crippen molar-refractivity contribution in [3.8, 4) is 5.69 Å². The third-order valence-corrected chi connectivity index (χ3v) is 5.04. The Morgan fingerprint density at radius 3 is 2.81 bits per heavy atom. The van der Waals surface area contributed by atoms with E-state index in [2.05, 4.69) is 10.4 Å². The molecule has 1 amide bonds. The fraction of sp³-hybridized carbons (Fsp3) is 0.444. The second-order valence-corrected chi connectivity index (χ2v) is 6.69. The molecule has 8 heteroatoms. The first-order valence-electron chi connectivity index (χ1n) is 8.64. The van der Waals surface area contributed by atoms with Crippen LogP contribution in [0.25, 0.3) is 5.69 Å². The summed E-state index contributed by atoms with van der Waals surface area (Å²) in [6, 6.07) is 3.81. The van der Waals surface area contributed by atoms with Crippen LogP contribution in [0.5, 0.6) is 0 Å². The summed E-state index contributed by atoms with van der Waals surface area (Å²) in [7, 11) is 0. The Balaban J connectivity index is 0.00000196. The van der Waals surface area contributed by atoms with E-state index in [1.807, 2.05) is 11.8 Å². The monoisotopic (exact) mass is 382 g/mol. The van der Waals surface area contributed by atoms with Gasteiger partial charge in [-0.2, -0.15) is 5.10 Å². The summed E-state index contributed by atoms with van der Waals surface area (Å²) >= 11 is 0. The van der Waals surface area contributed by atoms with Gasteiger partial charge in [-0.05, 0) is 38.3 Å². The quantitative estimate of drug-likeness (QED) is 0.868. The number of benzene rings is 1. The van der Waals surface area contributed by atoms with Gasteiger partial charge in [-0.15, -0.1) is 12.4 Å². The van der Waals surface area contributed by atoms with Gasteiger partial charge in [0.2, 0.25) is 0 Å². The van der Waals surface area contributed by atoms with Crippen LogP contribution in [0.15, 0.2) is 18.2 Å². The summed E-state index contributed by atoms with van der Waals surface area (Å²) in [4.78, 5) is 14.9. The van der Waals surface area contributed by atoms with Crippen LogP contribution >= 0.6 is 12.4 Å². The van der Waals surface area contributed by atoms with Crippen molar-refractivity contribution in [1.82, 2.24) is 20.0 Å². The molecule has 2 aromatic rings. The van der Waals surface area contributed by atoms with Gasteiger partial charge < -0.3 is 10.2 Å². The zero-order valence-corrected chi connectivity index (χ0v) is 15.3. The summed E-state index contributed by atoms with van der Waals surface area (Å²) in [5.41, 5.74) is 2.77. The van der Waals surface area contributed by atoms with Crippen LogP contribution < -0.4 is 5.32 Å². The van der Waals surface area contributed by atoms with Gasteiger partial charge >= 0.3 is 0 Å². The molecule has 26 heavy (non-hydrogen) atoms. The molecule has 1 aliphatic heterocycles. The lowest BCUT2D eigenvalue weighted by molar-refractivity contribution is 0.0648. The highest BCUT2D eigenvalue weighted by Crippen LogP contribution is 2.29. The van der Waals surface area contributed by atoms with E-state index in [1.54, 1.807) is 4.68 Å². The van der Waals surface area contributed by atoms with E-state index in [-0.39, 0.29) is 24.4 Å². The zero-order valence-electron chi connectivity index (χ0n) is 14.5. The second kappa shape index (κ2) is 7.32. The van der Waals surface area contributed by atoms with Gasteiger partial charge in [-0.25, -0.2) is 13.5 Å². The molecule has 1 aromatic carbocycles. The first-order valence-corrected chi connectivity index (χ1v) is 8.64. The van der Waals surface area contributed by atoms with Crippen LogP contribution in [0.3, 0.4) is 0 Å². The average Bonchev–Trinajstić information content (AvgIpc) is 3.20. The Morgan fingerprint density at radius 2 is 2.08 bits per heavy atom. The van der Waals surface area contributed by atoms with Crippen molar-refractivity contribution in [2.24, 2.45) is 0 Å². The van der Waals surface area contributed by atoms with Crippen molar-refractivity contribution in [2.45, 2.75) is 32.2 Å². The standard InChI is InChI=1S/C18H20F2N4O.ClH/c1-11-10-21-7-8-23(11)18(25)17-13-3-2-4-16(13)24(22-17)12-5-6-14(19)15(20)9-12;/h5-6,9,11,21H,2-4,7-8,10H2,1H3;1H. The third kappa shape index (κ3) is 3.10. The Kier molecular flexibility index (Phi) is 5.29. The molecule has 5 nitrogen and oxygen atoms in total. The number of nitrogens with zero attached hydrogens (tertiary/aromatic N) is 3. The molecule has 1 aliphatic carbocycles. The van der Waals surface area contributed by atoms with E-state index in [0.29, 0.717) is 17.9 Å². The van der Waals surface area contributed by atoms with Gasteiger partial charge in [-0.1, -0.05) is 0 Å². The van der Waals surface area contributed by atoms with Crippen LogP contribution in [0.4, 0.5) is 8.78 Å². The SMILES string of the molecule is CC1CNCCN1C(=O)c1nn(-c2ccc(F)c(F)c2)c2c1CCC2.Cl. The van der Waals surface area contributed by atoms with E-state index in [0.717, 1.165) is 55.7 Å². The maximum atomic E-state index is 13.6. The summed E-state index contributed by atoms with van der Waals surface area (Å²) < 4.78 is 28.5. The highest BCUT2D eigenvalue weighted by atomic mass is 35.5. The molecule has 0 saturated carbocycles. The molecule has 4 rings (SSSR count). The lowest BCUT2D eigenvalue weighted by Gasteiger charge is -2.33. The van der Waals surface area contributed by atoms with Crippen molar-refractivity contribution in [1.29, 1.82) is 0 Å². The van der Waals surface area contributed by atoms with E-state index in [9.17, 15) is 13.6 Å². The minimum absolute atomic E-state index is 0. The minimum Gasteiger partial charge on any atom is -0.332 e. The average molecular weight is 383 g/mol. The Labute approximate surface area is 156 Å². The normalized spacial score (nSPS) is 19.2. The number of aromatic nitrogens is 2. The van der Waals surface area contributed by atoms with Gasteiger partial charge in [0, 0.05) is 43.0 Å². The highest BCUT2D eigenvalue weighted by molar-refractivity contribution is 5.94. The fourth-order valence-corrected chi connectivity index (χ4v) is 3.72. The van der Waals surface area contributed by atoms with Gasteiger partial charge in [0.1, 0.15) is 0 Å². The molecule has 140 valence electrons. The number of piperazine rings is 1. The molecule has 1 fully saturated rings.